The second kappa shape index (κ2) is 6.58. The first kappa shape index (κ1) is 13.9. The lowest BCUT2D eigenvalue weighted by molar-refractivity contribution is 0.268. The van der Waals surface area contributed by atoms with Gasteiger partial charge in [-0.15, -0.1) is 0 Å². The highest BCUT2D eigenvalue weighted by molar-refractivity contribution is 9.10. The summed E-state index contributed by atoms with van der Waals surface area (Å²) in [4.78, 5) is 2.55. The lowest BCUT2D eigenvalue weighted by Gasteiger charge is -2.21. The zero-order valence-electron chi connectivity index (χ0n) is 11.3. The molecule has 1 saturated heterocycles. The third kappa shape index (κ3) is 3.72. The lowest BCUT2D eigenvalue weighted by Crippen LogP contribution is -2.24. The van der Waals surface area contributed by atoms with Crippen molar-refractivity contribution in [3.05, 3.63) is 28.2 Å². The van der Waals surface area contributed by atoms with Crippen molar-refractivity contribution in [3.8, 4) is 5.75 Å². The quantitative estimate of drug-likeness (QED) is 0.834. The Morgan fingerprint density at radius 3 is 2.94 bits per heavy atom. The molecule has 2 nitrogen and oxygen atoms in total. The van der Waals surface area contributed by atoms with Crippen LogP contribution in [-0.2, 0) is 6.54 Å². The zero-order valence-corrected chi connectivity index (χ0v) is 12.9. The van der Waals surface area contributed by atoms with Gasteiger partial charge in [-0.05, 0) is 56.5 Å². The molecule has 0 spiro atoms. The molecule has 3 heteroatoms. The Labute approximate surface area is 118 Å². The van der Waals surface area contributed by atoms with Crippen LogP contribution in [0, 0.1) is 5.92 Å². The number of likely N-dealkylation sites (tertiary alicyclic amines) is 1. The van der Waals surface area contributed by atoms with Gasteiger partial charge >= 0.3 is 0 Å². The minimum atomic E-state index is 0.874. The number of halogens is 1. The Morgan fingerprint density at radius 1 is 1.33 bits per heavy atom. The van der Waals surface area contributed by atoms with Crippen LogP contribution in [0.1, 0.15) is 31.7 Å². The fourth-order valence-electron chi connectivity index (χ4n) is 2.59. The molecule has 1 fully saturated rings. The molecular formula is C15H22BrNO. The highest BCUT2D eigenvalue weighted by Crippen LogP contribution is 2.26. The van der Waals surface area contributed by atoms with Crippen LogP contribution in [0.25, 0.3) is 0 Å². The van der Waals surface area contributed by atoms with Crippen LogP contribution in [0.3, 0.4) is 0 Å². The van der Waals surface area contributed by atoms with Gasteiger partial charge in [0.15, 0.2) is 0 Å². The van der Waals surface area contributed by atoms with Gasteiger partial charge in [0.2, 0.25) is 0 Å². The van der Waals surface area contributed by atoms with Gasteiger partial charge in [-0.2, -0.15) is 0 Å². The normalized spacial score (nSPS) is 21.6. The van der Waals surface area contributed by atoms with Gasteiger partial charge < -0.3 is 4.74 Å². The Kier molecular flexibility index (Phi) is 5.07. The van der Waals surface area contributed by atoms with E-state index in [1.165, 1.54) is 37.9 Å². The molecule has 2 rings (SSSR count). The second-order valence-corrected chi connectivity index (χ2v) is 6.18. The summed E-state index contributed by atoms with van der Waals surface area (Å²) in [5.41, 5.74) is 1.28. The summed E-state index contributed by atoms with van der Waals surface area (Å²) in [6.07, 6.45) is 4.00. The summed E-state index contributed by atoms with van der Waals surface area (Å²) in [6, 6.07) is 6.25. The standard InChI is InChI=1S/C15H22BrNO/c1-12-4-3-8-17(9-7-12)11-13-10-14(16)5-6-15(13)18-2/h5-6,10,12H,3-4,7-9,11H2,1-2H3. The molecule has 1 unspecified atom stereocenters. The first-order valence-electron chi connectivity index (χ1n) is 6.74. The van der Waals surface area contributed by atoms with Crippen LogP contribution >= 0.6 is 15.9 Å². The number of methoxy groups -OCH3 is 1. The third-order valence-corrected chi connectivity index (χ3v) is 4.24. The monoisotopic (exact) mass is 311 g/mol. The molecule has 100 valence electrons. The molecule has 0 amide bonds. The minimum absolute atomic E-state index is 0.874. The Balaban J connectivity index is 2.05. The van der Waals surface area contributed by atoms with Crippen LogP contribution in [0.15, 0.2) is 22.7 Å². The van der Waals surface area contributed by atoms with E-state index in [0.717, 1.165) is 22.7 Å². The van der Waals surface area contributed by atoms with Crippen LogP contribution in [0.4, 0.5) is 0 Å². The van der Waals surface area contributed by atoms with Crippen molar-refractivity contribution in [1.82, 2.24) is 4.90 Å². The van der Waals surface area contributed by atoms with E-state index in [1.807, 2.05) is 12.1 Å². The first-order valence-corrected chi connectivity index (χ1v) is 7.53. The van der Waals surface area contributed by atoms with E-state index in [2.05, 4.69) is 33.8 Å². The largest absolute Gasteiger partial charge is 0.496 e. The summed E-state index contributed by atoms with van der Waals surface area (Å²) < 4.78 is 6.57. The molecule has 18 heavy (non-hydrogen) atoms. The first-order chi connectivity index (χ1) is 8.69. The topological polar surface area (TPSA) is 12.5 Å². The van der Waals surface area contributed by atoms with Crippen molar-refractivity contribution >= 4 is 15.9 Å². The summed E-state index contributed by atoms with van der Waals surface area (Å²) in [6.45, 7) is 5.77. The van der Waals surface area contributed by atoms with Crippen LogP contribution in [0.5, 0.6) is 5.75 Å². The van der Waals surface area contributed by atoms with Gasteiger partial charge in [-0.3, -0.25) is 4.90 Å². The molecule has 1 aromatic rings. The predicted molar refractivity (Wildman–Crippen MR) is 79.0 cm³/mol. The number of hydrogen-bond acceptors (Lipinski definition) is 2. The second-order valence-electron chi connectivity index (χ2n) is 5.27. The van der Waals surface area contributed by atoms with Gasteiger partial charge in [0.1, 0.15) is 5.75 Å². The maximum atomic E-state index is 5.45. The molecule has 1 aromatic carbocycles. The van der Waals surface area contributed by atoms with E-state index < -0.39 is 0 Å². The SMILES string of the molecule is COc1ccc(Br)cc1CN1CCCC(C)CC1. The molecule has 0 saturated carbocycles. The average Bonchev–Trinajstić information content (AvgIpc) is 2.55. The van der Waals surface area contributed by atoms with Crippen LogP contribution in [0.2, 0.25) is 0 Å². The molecule has 0 bridgehead atoms. The lowest BCUT2D eigenvalue weighted by atomic mass is 10.0. The Hall–Kier alpha value is -0.540. The van der Waals surface area contributed by atoms with E-state index in [1.54, 1.807) is 7.11 Å². The highest BCUT2D eigenvalue weighted by Gasteiger charge is 2.15. The number of nitrogens with zero attached hydrogens (tertiary/aromatic N) is 1. The summed E-state index contributed by atoms with van der Waals surface area (Å²) in [7, 11) is 1.75. The van der Waals surface area contributed by atoms with Crippen molar-refractivity contribution in [2.45, 2.75) is 32.7 Å². The molecule has 0 radical (unpaired) electrons. The van der Waals surface area contributed by atoms with Gasteiger partial charge in [0.25, 0.3) is 0 Å². The molecule has 1 heterocycles. The van der Waals surface area contributed by atoms with E-state index in [-0.39, 0.29) is 0 Å². The zero-order chi connectivity index (χ0) is 13.0. The molecule has 1 atom stereocenters. The number of ether oxygens (including phenoxy) is 1. The Bertz CT molecular complexity index is 394. The van der Waals surface area contributed by atoms with Crippen molar-refractivity contribution in [2.75, 3.05) is 20.2 Å². The van der Waals surface area contributed by atoms with Gasteiger partial charge in [0.05, 0.1) is 7.11 Å². The number of benzene rings is 1. The third-order valence-electron chi connectivity index (χ3n) is 3.75. The highest BCUT2D eigenvalue weighted by atomic mass is 79.9. The molecule has 1 aliphatic rings. The minimum Gasteiger partial charge on any atom is -0.496 e. The van der Waals surface area contributed by atoms with E-state index in [9.17, 15) is 0 Å². The van der Waals surface area contributed by atoms with Crippen molar-refractivity contribution in [3.63, 3.8) is 0 Å². The molecule has 0 N–H and O–H groups in total. The maximum Gasteiger partial charge on any atom is 0.123 e. The van der Waals surface area contributed by atoms with Crippen molar-refractivity contribution in [1.29, 1.82) is 0 Å². The van der Waals surface area contributed by atoms with Gasteiger partial charge in [-0.25, -0.2) is 0 Å². The van der Waals surface area contributed by atoms with E-state index in [0.29, 0.717) is 0 Å². The fourth-order valence-corrected chi connectivity index (χ4v) is 3.00. The average molecular weight is 312 g/mol. The van der Waals surface area contributed by atoms with E-state index >= 15 is 0 Å². The molecular weight excluding hydrogens is 290 g/mol. The van der Waals surface area contributed by atoms with Crippen molar-refractivity contribution in [2.24, 2.45) is 5.92 Å². The Morgan fingerprint density at radius 2 is 2.17 bits per heavy atom. The fraction of sp³-hybridized carbons (Fsp3) is 0.600. The molecule has 0 aromatic heterocycles. The van der Waals surface area contributed by atoms with Crippen molar-refractivity contribution < 1.29 is 4.74 Å². The molecule has 1 aliphatic heterocycles. The predicted octanol–water partition coefficient (Wildman–Crippen LogP) is 4.08. The summed E-state index contributed by atoms with van der Waals surface area (Å²) >= 11 is 3.54. The summed E-state index contributed by atoms with van der Waals surface area (Å²) in [5, 5.41) is 0. The number of hydrogen-bond donors (Lipinski definition) is 0. The van der Waals surface area contributed by atoms with Crippen LogP contribution in [-0.4, -0.2) is 25.1 Å². The maximum absolute atomic E-state index is 5.45. The molecule has 0 aliphatic carbocycles. The van der Waals surface area contributed by atoms with Gasteiger partial charge in [-0.1, -0.05) is 22.9 Å². The summed E-state index contributed by atoms with van der Waals surface area (Å²) in [5.74, 6) is 1.87. The number of rotatable bonds is 3. The van der Waals surface area contributed by atoms with Crippen LogP contribution < -0.4 is 4.74 Å². The smallest absolute Gasteiger partial charge is 0.123 e. The van der Waals surface area contributed by atoms with Gasteiger partial charge in [0, 0.05) is 16.6 Å². The van der Waals surface area contributed by atoms with E-state index in [4.69, 9.17) is 4.74 Å².